The summed E-state index contributed by atoms with van der Waals surface area (Å²) in [5.74, 6) is 5.51. The lowest BCUT2D eigenvalue weighted by molar-refractivity contribution is -0.384. The van der Waals surface area contributed by atoms with Crippen molar-refractivity contribution in [1.82, 2.24) is 4.90 Å². The van der Waals surface area contributed by atoms with E-state index in [4.69, 9.17) is 5.84 Å². The molecule has 0 saturated carbocycles. The van der Waals surface area contributed by atoms with E-state index in [-0.39, 0.29) is 10.6 Å². The van der Waals surface area contributed by atoms with Gasteiger partial charge in [0, 0.05) is 24.7 Å². The fourth-order valence-electron chi connectivity index (χ4n) is 2.75. The predicted octanol–water partition coefficient (Wildman–Crippen LogP) is 2.64. The fourth-order valence-corrected chi connectivity index (χ4v) is 2.75. The van der Waals surface area contributed by atoms with E-state index >= 15 is 0 Å². The SMILES string of the molecule is CC1CCCCCN1Cc1cc([N+](=O)[O-])ccc1NN. The summed E-state index contributed by atoms with van der Waals surface area (Å²) in [7, 11) is 0. The van der Waals surface area contributed by atoms with Crippen LogP contribution in [0.15, 0.2) is 18.2 Å². The molecule has 1 aromatic carbocycles. The second-order valence-electron chi connectivity index (χ2n) is 5.41. The van der Waals surface area contributed by atoms with Gasteiger partial charge in [-0.25, -0.2) is 0 Å². The van der Waals surface area contributed by atoms with E-state index < -0.39 is 0 Å². The van der Waals surface area contributed by atoms with Gasteiger partial charge in [-0.2, -0.15) is 0 Å². The Morgan fingerprint density at radius 3 is 2.95 bits per heavy atom. The first-order chi connectivity index (χ1) is 9.61. The highest BCUT2D eigenvalue weighted by Gasteiger charge is 2.19. The Labute approximate surface area is 119 Å². The van der Waals surface area contributed by atoms with Crippen molar-refractivity contribution in [2.75, 3.05) is 12.0 Å². The van der Waals surface area contributed by atoms with Crippen LogP contribution < -0.4 is 11.3 Å². The number of anilines is 1. The Balaban J connectivity index is 2.21. The average molecular weight is 278 g/mol. The molecule has 6 nitrogen and oxygen atoms in total. The maximum absolute atomic E-state index is 10.9. The van der Waals surface area contributed by atoms with Crippen molar-refractivity contribution in [3.63, 3.8) is 0 Å². The van der Waals surface area contributed by atoms with Crippen molar-refractivity contribution >= 4 is 11.4 Å². The molecule has 20 heavy (non-hydrogen) atoms. The Morgan fingerprint density at radius 2 is 2.25 bits per heavy atom. The fraction of sp³-hybridized carbons (Fsp3) is 0.571. The number of hydrogen-bond acceptors (Lipinski definition) is 5. The molecule has 0 spiro atoms. The van der Waals surface area contributed by atoms with Crippen LogP contribution in [-0.2, 0) is 6.54 Å². The molecule has 1 heterocycles. The second-order valence-corrected chi connectivity index (χ2v) is 5.41. The van der Waals surface area contributed by atoms with Gasteiger partial charge < -0.3 is 5.43 Å². The van der Waals surface area contributed by atoms with Crippen molar-refractivity contribution in [3.8, 4) is 0 Å². The molecule has 1 unspecified atom stereocenters. The van der Waals surface area contributed by atoms with Gasteiger partial charge in [0.1, 0.15) is 0 Å². The maximum Gasteiger partial charge on any atom is 0.269 e. The summed E-state index contributed by atoms with van der Waals surface area (Å²) in [5, 5.41) is 10.9. The van der Waals surface area contributed by atoms with Gasteiger partial charge in [0.05, 0.1) is 10.6 Å². The van der Waals surface area contributed by atoms with E-state index in [1.165, 1.54) is 31.7 Å². The van der Waals surface area contributed by atoms with Gasteiger partial charge in [-0.3, -0.25) is 20.9 Å². The highest BCUT2D eigenvalue weighted by molar-refractivity contribution is 5.55. The summed E-state index contributed by atoms with van der Waals surface area (Å²) in [6.07, 6.45) is 4.89. The highest BCUT2D eigenvalue weighted by Crippen LogP contribution is 2.25. The van der Waals surface area contributed by atoms with Crippen LogP contribution in [0.1, 0.15) is 38.2 Å². The predicted molar refractivity (Wildman–Crippen MR) is 79.2 cm³/mol. The number of hydrogen-bond donors (Lipinski definition) is 2. The van der Waals surface area contributed by atoms with Crippen LogP contribution in [-0.4, -0.2) is 22.4 Å². The van der Waals surface area contributed by atoms with Crippen molar-refractivity contribution in [1.29, 1.82) is 0 Å². The second kappa shape index (κ2) is 6.67. The van der Waals surface area contributed by atoms with E-state index in [2.05, 4.69) is 17.2 Å². The molecule has 1 atom stereocenters. The van der Waals surface area contributed by atoms with Crippen LogP contribution in [0.5, 0.6) is 0 Å². The van der Waals surface area contributed by atoms with E-state index in [9.17, 15) is 10.1 Å². The van der Waals surface area contributed by atoms with Crippen molar-refractivity contribution < 1.29 is 4.92 Å². The Bertz CT molecular complexity index is 478. The number of rotatable bonds is 4. The van der Waals surface area contributed by atoms with Crippen molar-refractivity contribution in [2.24, 2.45) is 5.84 Å². The van der Waals surface area contributed by atoms with Crippen LogP contribution in [0.25, 0.3) is 0 Å². The molecule has 1 aromatic rings. The van der Waals surface area contributed by atoms with Gasteiger partial charge in [-0.1, -0.05) is 12.8 Å². The molecular weight excluding hydrogens is 256 g/mol. The number of nitrogen functional groups attached to an aromatic ring is 1. The van der Waals surface area contributed by atoms with E-state index in [1.807, 2.05) is 0 Å². The van der Waals surface area contributed by atoms with E-state index in [0.29, 0.717) is 12.6 Å². The molecule has 1 fully saturated rings. The van der Waals surface area contributed by atoms with Crippen molar-refractivity contribution in [3.05, 3.63) is 33.9 Å². The average Bonchev–Trinajstić information content (AvgIpc) is 2.64. The quantitative estimate of drug-likeness (QED) is 0.502. The van der Waals surface area contributed by atoms with Crippen LogP contribution in [0.2, 0.25) is 0 Å². The molecule has 0 bridgehead atoms. The molecular formula is C14H22N4O2. The third-order valence-electron chi connectivity index (χ3n) is 4.02. The first-order valence-electron chi connectivity index (χ1n) is 7.10. The van der Waals surface area contributed by atoms with Gasteiger partial charge in [0.15, 0.2) is 0 Å². The summed E-state index contributed by atoms with van der Waals surface area (Å²) in [4.78, 5) is 12.9. The zero-order valence-corrected chi connectivity index (χ0v) is 11.8. The third kappa shape index (κ3) is 3.46. The number of nitrogens with two attached hydrogens (primary N) is 1. The molecule has 3 N–H and O–H groups in total. The standard InChI is InChI=1S/C14H22N4O2/c1-11-5-3-2-4-8-17(11)10-12-9-13(18(19)20)6-7-14(12)16-15/h6-7,9,11,16H,2-5,8,10,15H2,1H3. The normalized spacial score (nSPS) is 20.4. The molecule has 1 aliphatic heterocycles. The third-order valence-corrected chi connectivity index (χ3v) is 4.02. The lowest BCUT2D eigenvalue weighted by Gasteiger charge is -2.27. The summed E-state index contributed by atoms with van der Waals surface area (Å²) < 4.78 is 0. The van der Waals surface area contributed by atoms with Crippen LogP contribution in [0.4, 0.5) is 11.4 Å². The number of likely N-dealkylation sites (tertiary alicyclic amines) is 1. The summed E-state index contributed by atoms with van der Waals surface area (Å²) in [6, 6.07) is 5.27. The van der Waals surface area contributed by atoms with Gasteiger partial charge in [-0.05, 0) is 37.9 Å². The van der Waals surface area contributed by atoms with Crippen LogP contribution in [0, 0.1) is 10.1 Å². The number of non-ortho nitro benzene ring substituents is 1. The van der Waals surface area contributed by atoms with E-state index in [1.54, 1.807) is 12.1 Å². The molecule has 1 aliphatic rings. The molecule has 0 aliphatic carbocycles. The summed E-state index contributed by atoms with van der Waals surface area (Å²) in [5.41, 5.74) is 4.39. The molecule has 0 amide bonds. The Morgan fingerprint density at radius 1 is 1.45 bits per heavy atom. The van der Waals surface area contributed by atoms with Crippen LogP contribution >= 0.6 is 0 Å². The Hall–Kier alpha value is -1.66. The molecule has 6 heteroatoms. The highest BCUT2D eigenvalue weighted by atomic mass is 16.6. The topological polar surface area (TPSA) is 84.4 Å². The lowest BCUT2D eigenvalue weighted by atomic mass is 10.1. The monoisotopic (exact) mass is 278 g/mol. The molecule has 110 valence electrons. The Kier molecular flexibility index (Phi) is 4.92. The smallest absolute Gasteiger partial charge is 0.269 e. The summed E-state index contributed by atoms with van der Waals surface area (Å²) >= 11 is 0. The summed E-state index contributed by atoms with van der Waals surface area (Å²) in [6.45, 7) is 3.95. The largest absolute Gasteiger partial charge is 0.324 e. The van der Waals surface area contributed by atoms with Gasteiger partial charge >= 0.3 is 0 Å². The molecule has 0 aromatic heterocycles. The number of benzene rings is 1. The minimum absolute atomic E-state index is 0.112. The maximum atomic E-state index is 10.9. The number of hydrazine groups is 1. The number of nitrogens with zero attached hydrogens (tertiary/aromatic N) is 2. The first-order valence-corrected chi connectivity index (χ1v) is 7.10. The minimum Gasteiger partial charge on any atom is -0.324 e. The number of nitrogens with one attached hydrogen (secondary N) is 1. The lowest BCUT2D eigenvalue weighted by Crippen LogP contribution is -2.32. The molecule has 0 radical (unpaired) electrons. The van der Waals surface area contributed by atoms with Gasteiger partial charge in [-0.15, -0.1) is 0 Å². The number of nitro groups is 1. The zero-order valence-electron chi connectivity index (χ0n) is 11.8. The number of nitro benzene ring substituents is 1. The first kappa shape index (κ1) is 14.7. The minimum atomic E-state index is -0.365. The van der Waals surface area contributed by atoms with Gasteiger partial charge in [0.25, 0.3) is 5.69 Å². The van der Waals surface area contributed by atoms with Crippen LogP contribution in [0.3, 0.4) is 0 Å². The zero-order chi connectivity index (χ0) is 14.5. The van der Waals surface area contributed by atoms with Gasteiger partial charge in [0.2, 0.25) is 0 Å². The van der Waals surface area contributed by atoms with Crippen molar-refractivity contribution in [2.45, 2.75) is 45.2 Å². The molecule has 2 rings (SSSR count). The van der Waals surface area contributed by atoms with E-state index in [0.717, 1.165) is 17.8 Å². The molecule has 1 saturated heterocycles.